The molecule has 3 nitrogen and oxygen atoms in total. The first-order chi connectivity index (χ1) is 6.74. The lowest BCUT2D eigenvalue weighted by Gasteiger charge is -2.17. The van der Waals surface area contributed by atoms with Gasteiger partial charge in [-0.1, -0.05) is 12.2 Å². The van der Waals surface area contributed by atoms with Crippen LogP contribution in [0.3, 0.4) is 0 Å². The molecule has 0 saturated heterocycles. The van der Waals surface area contributed by atoms with Gasteiger partial charge in [-0.25, -0.2) is 0 Å². The molecule has 3 rings (SSSR count). The number of fused-ring (bicyclic) bond motifs is 2. The molecular formula is C11H16N2O. The van der Waals surface area contributed by atoms with E-state index < -0.39 is 0 Å². The molecule has 0 aromatic rings. The summed E-state index contributed by atoms with van der Waals surface area (Å²) in [5.74, 6) is 1.65. The van der Waals surface area contributed by atoms with Gasteiger partial charge < -0.3 is 11.1 Å². The molecule has 14 heavy (non-hydrogen) atoms. The molecule has 2 fully saturated rings. The van der Waals surface area contributed by atoms with E-state index in [9.17, 15) is 4.79 Å². The molecule has 3 heteroatoms. The lowest BCUT2D eigenvalue weighted by Crippen LogP contribution is -2.36. The van der Waals surface area contributed by atoms with Crippen LogP contribution in [0.5, 0.6) is 0 Å². The third kappa shape index (κ3) is 1.27. The van der Waals surface area contributed by atoms with Gasteiger partial charge in [0.15, 0.2) is 0 Å². The van der Waals surface area contributed by atoms with E-state index in [0.29, 0.717) is 11.8 Å². The summed E-state index contributed by atoms with van der Waals surface area (Å²) in [6.45, 7) is 0. The van der Waals surface area contributed by atoms with E-state index in [4.69, 9.17) is 5.73 Å². The van der Waals surface area contributed by atoms with Crippen LogP contribution in [0.25, 0.3) is 0 Å². The van der Waals surface area contributed by atoms with Crippen molar-refractivity contribution in [2.75, 3.05) is 0 Å². The second-order valence-electron chi connectivity index (χ2n) is 4.90. The molecule has 0 aromatic heterocycles. The van der Waals surface area contributed by atoms with Crippen molar-refractivity contribution in [1.82, 2.24) is 5.32 Å². The number of amides is 1. The maximum atomic E-state index is 11.8. The van der Waals surface area contributed by atoms with Crippen molar-refractivity contribution in [2.45, 2.75) is 31.3 Å². The highest BCUT2D eigenvalue weighted by atomic mass is 16.2. The Labute approximate surface area is 83.7 Å². The molecular weight excluding hydrogens is 176 g/mol. The average molecular weight is 192 g/mol. The molecule has 2 bridgehead atoms. The Balaban J connectivity index is 1.60. The zero-order valence-corrected chi connectivity index (χ0v) is 8.15. The van der Waals surface area contributed by atoms with E-state index in [1.807, 2.05) is 0 Å². The van der Waals surface area contributed by atoms with E-state index in [1.165, 1.54) is 6.42 Å². The van der Waals surface area contributed by atoms with Gasteiger partial charge in [0.25, 0.3) is 0 Å². The quantitative estimate of drug-likeness (QED) is 0.623. The Morgan fingerprint density at radius 3 is 2.57 bits per heavy atom. The Morgan fingerprint density at radius 2 is 2.07 bits per heavy atom. The first kappa shape index (κ1) is 8.48. The van der Waals surface area contributed by atoms with Crippen molar-refractivity contribution in [3.63, 3.8) is 0 Å². The minimum atomic E-state index is 0.216. The molecule has 0 aromatic carbocycles. The van der Waals surface area contributed by atoms with Crippen molar-refractivity contribution in [3.8, 4) is 0 Å². The van der Waals surface area contributed by atoms with E-state index in [1.54, 1.807) is 0 Å². The number of rotatable bonds is 2. The Morgan fingerprint density at radius 1 is 1.29 bits per heavy atom. The Kier molecular flexibility index (Phi) is 1.71. The number of carbonyl (C=O) groups is 1. The van der Waals surface area contributed by atoms with Crippen LogP contribution in [-0.2, 0) is 4.79 Å². The lowest BCUT2D eigenvalue weighted by atomic mass is 9.93. The van der Waals surface area contributed by atoms with Crippen LogP contribution in [0.2, 0.25) is 0 Å². The minimum Gasteiger partial charge on any atom is -0.351 e. The highest BCUT2D eigenvalue weighted by Gasteiger charge is 2.42. The van der Waals surface area contributed by atoms with Crippen LogP contribution in [0, 0.1) is 17.8 Å². The summed E-state index contributed by atoms with van der Waals surface area (Å²) in [6.07, 6.45) is 7.68. The largest absolute Gasteiger partial charge is 0.351 e. The van der Waals surface area contributed by atoms with E-state index in [0.717, 1.165) is 12.8 Å². The third-order valence-corrected chi connectivity index (χ3v) is 3.78. The topological polar surface area (TPSA) is 55.1 Å². The number of nitrogens with one attached hydrogen (secondary N) is 1. The molecule has 1 amide bonds. The first-order valence-electron chi connectivity index (χ1n) is 5.48. The number of carbonyl (C=O) groups excluding carboxylic acids is 1. The summed E-state index contributed by atoms with van der Waals surface area (Å²) in [5, 5.41) is 3.03. The fraction of sp³-hybridized carbons (Fsp3) is 0.727. The molecule has 5 atom stereocenters. The van der Waals surface area contributed by atoms with Gasteiger partial charge in [-0.15, -0.1) is 0 Å². The molecule has 2 saturated carbocycles. The van der Waals surface area contributed by atoms with Crippen LogP contribution in [0.1, 0.15) is 19.3 Å². The molecule has 3 N–H and O–H groups in total. The Hall–Kier alpha value is -0.830. The summed E-state index contributed by atoms with van der Waals surface area (Å²) in [6, 6.07) is 0.485. The number of hydrogen-bond donors (Lipinski definition) is 2. The maximum absolute atomic E-state index is 11.8. The third-order valence-electron chi connectivity index (χ3n) is 3.78. The van der Waals surface area contributed by atoms with E-state index in [-0.39, 0.29) is 23.9 Å². The van der Waals surface area contributed by atoms with E-state index >= 15 is 0 Å². The maximum Gasteiger partial charge on any atom is 0.223 e. The molecule has 0 aliphatic heterocycles. The van der Waals surface area contributed by atoms with Crippen molar-refractivity contribution in [3.05, 3.63) is 12.2 Å². The molecule has 0 heterocycles. The fourth-order valence-electron chi connectivity index (χ4n) is 2.75. The highest BCUT2D eigenvalue weighted by molar-refractivity contribution is 5.80. The monoisotopic (exact) mass is 192 g/mol. The lowest BCUT2D eigenvalue weighted by molar-refractivity contribution is -0.125. The molecule has 5 unspecified atom stereocenters. The van der Waals surface area contributed by atoms with Gasteiger partial charge >= 0.3 is 0 Å². The summed E-state index contributed by atoms with van der Waals surface area (Å²) in [7, 11) is 0. The van der Waals surface area contributed by atoms with Crippen molar-refractivity contribution >= 4 is 5.91 Å². The van der Waals surface area contributed by atoms with Gasteiger partial charge in [0.2, 0.25) is 5.91 Å². The number of allylic oxidation sites excluding steroid dienone is 2. The smallest absolute Gasteiger partial charge is 0.223 e. The van der Waals surface area contributed by atoms with Gasteiger partial charge in [0, 0.05) is 18.0 Å². The summed E-state index contributed by atoms with van der Waals surface area (Å²) < 4.78 is 0. The van der Waals surface area contributed by atoms with Crippen molar-refractivity contribution < 1.29 is 4.79 Å². The predicted molar refractivity (Wildman–Crippen MR) is 53.4 cm³/mol. The molecule has 3 aliphatic rings. The zero-order chi connectivity index (χ0) is 9.71. The molecule has 0 spiro atoms. The summed E-state index contributed by atoms with van der Waals surface area (Å²) in [5.41, 5.74) is 5.66. The highest BCUT2D eigenvalue weighted by Crippen LogP contribution is 2.43. The van der Waals surface area contributed by atoms with Gasteiger partial charge in [-0.2, -0.15) is 0 Å². The summed E-state index contributed by atoms with van der Waals surface area (Å²) >= 11 is 0. The fourth-order valence-corrected chi connectivity index (χ4v) is 2.75. The first-order valence-corrected chi connectivity index (χ1v) is 5.48. The van der Waals surface area contributed by atoms with Gasteiger partial charge in [0.05, 0.1) is 0 Å². The minimum absolute atomic E-state index is 0.216. The molecule has 0 radical (unpaired) electrons. The predicted octanol–water partition coefficient (Wildman–Crippen LogP) is 0.414. The second-order valence-corrected chi connectivity index (χ2v) is 4.90. The Bertz CT molecular complexity index is 300. The SMILES string of the molecule is NC1CC1NC(=O)C1CC2C=CC1C2. The zero-order valence-electron chi connectivity index (χ0n) is 8.15. The van der Waals surface area contributed by atoms with E-state index in [2.05, 4.69) is 17.5 Å². The average Bonchev–Trinajstić information content (AvgIpc) is 2.67. The molecule has 3 aliphatic carbocycles. The second kappa shape index (κ2) is 2.83. The van der Waals surface area contributed by atoms with Crippen LogP contribution < -0.4 is 11.1 Å². The van der Waals surface area contributed by atoms with Crippen molar-refractivity contribution in [1.29, 1.82) is 0 Å². The van der Waals surface area contributed by atoms with Crippen molar-refractivity contribution in [2.24, 2.45) is 23.5 Å². The van der Waals surface area contributed by atoms with Gasteiger partial charge in [0.1, 0.15) is 0 Å². The normalized spacial score (nSPS) is 48.2. The number of nitrogens with two attached hydrogens (primary N) is 1. The molecule has 76 valence electrons. The van der Waals surface area contributed by atoms with Crippen LogP contribution in [0.15, 0.2) is 12.2 Å². The van der Waals surface area contributed by atoms with Crippen LogP contribution in [-0.4, -0.2) is 18.0 Å². The summed E-state index contributed by atoms with van der Waals surface area (Å²) in [4.78, 5) is 11.8. The number of hydrogen-bond acceptors (Lipinski definition) is 2. The standard InChI is InChI=1S/C11H16N2O/c12-9-5-10(9)13-11(14)8-4-6-1-2-7(8)3-6/h1-2,6-10H,3-5,12H2,(H,13,14). The van der Waals surface area contributed by atoms with Crippen LogP contribution in [0.4, 0.5) is 0 Å². The van der Waals surface area contributed by atoms with Crippen LogP contribution >= 0.6 is 0 Å². The van der Waals surface area contributed by atoms with Gasteiger partial charge in [-0.05, 0) is 31.1 Å². The van der Waals surface area contributed by atoms with Gasteiger partial charge in [-0.3, -0.25) is 4.79 Å².